The lowest BCUT2D eigenvalue weighted by atomic mass is 10.1. The van der Waals surface area contributed by atoms with Crippen molar-refractivity contribution in [2.75, 3.05) is 6.61 Å². The number of unbranched alkanes of at least 4 members (excludes halogenated alkanes) is 6. The number of esters is 2. The molecular weight excluding hydrogens is 272 g/mol. The molecule has 21 heavy (non-hydrogen) atoms. The first-order valence-corrected chi connectivity index (χ1v) is 7.63. The quantitative estimate of drug-likeness (QED) is 0.280. The lowest BCUT2D eigenvalue weighted by Gasteiger charge is -2.06. The van der Waals surface area contributed by atoms with Crippen LogP contribution < -0.4 is 0 Å². The number of hydrogen-bond donors (Lipinski definition) is 2. The highest BCUT2D eigenvalue weighted by Crippen LogP contribution is 2.08. The highest BCUT2D eigenvalue weighted by Gasteiger charge is 2.18. The molecule has 0 saturated heterocycles. The van der Waals surface area contributed by atoms with Crippen molar-refractivity contribution in [1.82, 2.24) is 0 Å². The van der Waals surface area contributed by atoms with Crippen LogP contribution in [-0.4, -0.2) is 34.9 Å². The molecule has 0 radical (unpaired) electrons. The summed E-state index contributed by atoms with van der Waals surface area (Å²) in [4.78, 5) is 22.1. The average molecular weight is 302 g/mol. The van der Waals surface area contributed by atoms with Crippen molar-refractivity contribution in [3.8, 4) is 0 Å². The third-order valence-corrected chi connectivity index (χ3v) is 2.64. The Kier molecular flexibility index (Phi) is 17.7. The smallest absolute Gasteiger partial charge is 0.345 e. The van der Waals surface area contributed by atoms with Gasteiger partial charge in [-0.3, -0.25) is 4.79 Å². The summed E-state index contributed by atoms with van der Waals surface area (Å²) in [5, 5.41) is 17.4. The van der Waals surface area contributed by atoms with Gasteiger partial charge in [0.05, 0.1) is 6.61 Å². The van der Waals surface area contributed by atoms with E-state index in [0.717, 1.165) is 12.8 Å². The zero-order valence-corrected chi connectivity index (χ0v) is 13.3. The monoisotopic (exact) mass is 302 g/mol. The van der Waals surface area contributed by atoms with Crippen molar-refractivity contribution in [2.24, 2.45) is 0 Å². The van der Waals surface area contributed by atoms with E-state index in [4.69, 9.17) is 10.2 Å². The van der Waals surface area contributed by atoms with Crippen LogP contribution in [0, 0.1) is 0 Å². The van der Waals surface area contributed by atoms with E-state index in [1.54, 1.807) is 6.08 Å². The fraction of sp³-hybridized carbons (Fsp3) is 0.750. The molecule has 2 N–H and O–H groups in total. The minimum Gasteiger partial charge on any atom is -0.393 e. The molecule has 0 spiro atoms. The van der Waals surface area contributed by atoms with Gasteiger partial charge in [-0.25, -0.2) is 4.79 Å². The van der Waals surface area contributed by atoms with Gasteiger partial charge in [0.2, 0.25) is 0 Å². The Morgan fingerprint density at radius 1 is 1.14 bits per heavy atom. The van der Waals surface area contributed by atoms with Crippen LogP contribution in [0.3, 0.4) is 0 Å². The van der Waals surface area contributed by atoms with E-state index in [1.165, 1.54) is 25.7 Å². The molecule has 5 heteroatoms. The van der Waals surface area contributed by atoms with Gasteiger partial charge in [0.25, 0.3) is 0 Å². The van der Waals surface area contributed by atoms with Crippen molar-refractivity contribution in [3.63, 3.8) is 0 Å². The normalized spacial score (nSPS) is 11.0. The van der Waals surface area contributed by atoms with E-state index >= 15 is 0 Å². The van der Waals surface area contributed by atoms with Gasteiger partial charge in [-0.15, -0.1) is 6.58 Å². The van der Waals surface area contributed by atoms with Gasteiger partial charge < -0.3 is 14.9 Å². The van der Waals surface area contributed by atoms with E-state index in [1.807, 2.05) is 6.92 Å². The second kappa shape index (κ2) is 16.9. The molecule has 0 aromatic heterocycles. The van der Waals surface area contributed by atoms with E-state index in [-0.39, 0.29) is 6.42 Å². The molecule has 1 atom stereocenters. The predicted octanol–water partition coefficient (Wildman–Crippen LogP) is 2.74. The highest BCUT2D eigenvalue weighted by molar-refractivity contribution is 5.87. The third kappa shape index (κ3) is 16.7. The molecule has 0 aliphatic rings. The van der Waals surface area contributed by atoms with Crippen molar-refractivity contribution >= 4 is 11.9 Å². The van der Waals surface area contributed by atoms with Crippen molar-refractivity contribution in [2.45, 2.75) is 71.3 Å². The molecule has 0 fully saturated rings. The molecule has 0 aliphatic heterocycles. The van der Waals surface area contributed by atoms with Gasteiger partial charge in [0, 0.05) is 6.42 Å². The predicted molar refractivity (Wildman–Crippen MR) is 82.7 cm³/mol. The van der Waals surface area contributed by atoms with E-state index in [9.17, 15) is 9.59 Å². The molecule has 124 valence electrons. The largest absolute Gasteiger partial charge is 0.393 e. The van der Waals surface area contributed by atoms with Gasteiger partial charge in [0.15, 0.2) is 6.10 Å². The molecule has 0 aromatic carbocycles. The van der Waals surface area contributed by atoms with Crippen LogP contribution in [0.25, 0.3) is 0 Å². The Labute approximate surface area is 128 Å². The summed E-state index contributed by atoms with van der Waals surface area (Å²) in [5.74, 6) is -1.72. The van der Waals surface area contributed by atoms with Crippen molar-refractivity contribution in [3.05, 3.63) is 12.7 Å². The van der Waals surface area contributed by atoms with E-state index < -0.39 is 24.6 Å². The van der Waals surface area contributed by atoms with Gasteiger partial charge in [-0.2, -0.15) is 0 Å². The fourth-order valence-electron chi connectivity index (χ4n) is 1.53. The zero-order valence-electron chi connectivity index (χ0n) is 13.3. The number of hydrogen-bond acceptors (Lipinski definition) is 5. The van der Waals surface area contributed by atoms with Crippen LogP contribution in [0.2, 0.25) is 0 Å². The molecule has 0 amide bonds. The second-order valence-corrected chi connectivity index (χ2v) is 4.77. The third-order valence-electron chi connectivity index (χ3n) is 2.64. The second-order valence-electron chi connectivity index (χ2n) is 4.77. The maximum absolute atomic E-state index is 11.2. The van der Waals surface area contributed by atoms with Crippen molar-refractivity contribution in [1.29, 1.82) is 0 Å². The summed E-state index contributed by atoms with van der Waals surface area (Å²) in [7, 11) is 0. The first kappa shape index (κ1) is 22.1. The van der Waals surface area contributed by atoms with Gasteiger partial charge in [-0.05, 0) is 13.3 Å². The molecule has 0 rings (SSSR count). The number of aliphatic hydroxyl groups excluding tert-OH is 2. The van der Waals surface area contributed by atoms with Crippen LogP contribution in [0.1, 0.15) is 65.2 Å². The number of rotatable bonds is 10. The highest BCUT2D eigenvalue weighted by atomic mass is 16.6. The first-order valence-electron chi connectivity index (χ1n) is 7.63. The lowest BCUT2D eigenvalue weighted by Crippen LogP contribution is -2.28. The Morgan fingerprint density at radius 3 is 2.10 bits per heavy atom. The molecule has 1 unspecified atom stereocenters. The summed E-state index contributed by atoms with van der Waals surface area (Å²) in [6, 6.07) is 0. The average Bonchev–Trinajstić information content (AvgIpc) is 2.46. The van der Waals surface area contributed by atoms with E-state index in [0.29, 0.717) is 6.42 Å². The van der Waals surface area contributed by atoms with Gasteiger partial charge >= 0.3 is 11.9 Å². The molecule has 0 heterocycles. The van der Waals surface area contributed by atoms with Crippen LogP contribution in [0.4, 0.5) is 0 Å². The standard InChI is InChI=1S/C13H24O5.C3H6/c1-2-3-4-5-6-7-8-9-12(16)18-13(17)11(15)10-14;1-3-2/h11,14-15H,2-10H2,1H3;3H,1H2,2H3. The first-order chi connectivity index (χ1) is 10.0. The molecule has 0 saturated carbocycles. The van der Waals surface area contributed by atoms with Crippen LogP contribution >= 0.6 is 0 Å². The summed E-state index contributed by atoms with van der Waals surface area (Å²) in [5.41, 5.74) is 0. The summed E-state index contributed by atoms with van der Waals surface area (Å²) in [6.45, 7) is 6.68. The number of carbonyl (C=O) groups excluding carboxylic acids is 2. The summed E-state index contributed by atoms with van der Waals surface area (Å²) >= 11 is 0. The number of ether oxygens (including phenoxy) is 1. The lowest BCUT2D eigenvalue weighted by molar-refractivity contribution is -0.167. The molecule has 0 aromatic rings. The summed E-state index contributed by atoms with van der Waals surface area (Å²) < 4.78 is 4.36. The van der Waals surface area contributed by atoms with Crippen molar-refractivity contribution < 1.29 is 24.5 Å². The molecule has 5 nitrogen and oxygen atoms in total. The SMILES string of the molecule is C=CC.CCCCCCCCCC(=O)OC(=O)C(O)CO. The van der Waals surface area contributed by atoms with Crippen LogP contribution in [0.15, 0.2) is 12.7 Å². The van der Waals surface area contributed by atoms with Gasteiger partial charge in [-0.1, -0.05) is 51.5 Å². The minimum absolute atomic E-state index is 0.178. The number of allylic oxidation sites excluding steroid dienone is 1. The number of aliphatic hydroxyl groups is 2. The Hall–Kier alpha value is -1.20. The minimum atomic E-state index is -1.62. The maximum atomic E-state index is 11.2. The molecule has 0 bridgehead atoms. The van der Waals surface area contributed by atoms with Crippen LogP contribution in [0.5, 0.6) is 0 Å². The topological polar surface area (TPSA) is 83.8 Å². The number of carbonyl (C=O) groups is 2. The van der Waals surface area contributed by atoms with Gasteiger partial charge in [0.1, 0.15) is 0 Å². The maximum Gasteiger partial charge on any atom is 0.345 e. The molecular formula is C16H30O5. The Bertz CT molecular complexity index is 276. The summed E-state index contributed by atoms with van der Waals surface area (Å²) in [6.07, 6.45) is 7.87. The Balaban J connectivity index is 0. The van der Waals surface area contributed by atoms with Crippen LogP contribution in [-0.2, 0) is 14.3 Å². The fourth-order valence-corrected chi connectivity index (χ4v) is 1.53. The molecule has 0 aliphatic carbocycles. The zero-order chi connectivity index (χ0) is 16.5. The van der Waals surface area contributed by atoms with E-state index in [2.05, 4.69) is 18.2 Å². The Morgan fingerprint density at radius 2 is 1.62 bits per heavy atom.